The molecular formula is C14H15ClN2O. The van der Waals surface area contributed by atoms with Gasteiger partial charge in [0.15, 0.2) is 0 Å². The standard InChI is InChI=1S/C14H15ClN2O/c1-11-2-4-13(5-3-11)17-6-7-18-14-8-12(15)9-16-10-14/h2-5,8-10,17H,6-7H2,1H3. The van der Waals surface area contributed by atoms with Crippen LogP contribution in [0.4, 0.5) is 5.69 Å². The Morgan fingerprint density at radius 2 is 2.00 bits per heavy atom. The van der Waals surface area contributed by atoms with Crippen LogP contribution < -0.4 is 10.1 Å². The van der Waals surface area contributed by atoms with Crippen LogP contribution in [0.1, 0.15) is 5.56 Å². The first-order valence-electron chi connectivity index (χ1n) is 5.78. The minimum Gasteiger partial charge on any atom is -0.490 e. The number of benzene rings is 1. The van der Waals surface area contributed by atoms with Gasteiger partial charge >= 0.3 is 0 Å². The highest BCUT2D eigenvalue weighted by atomic mass is 35.5. The lowest BCUT2D eigenvalue weighted by atomic mass is 10.2. The summed E-state index contributed by atoms with van der Waals surface area (Å²) < 4.78 is 5.52. The first kappa shape index (κ1) is 12.7. The third kappa shape index (κ3) is 3.93. The Morgan fingerprint density at radius 1 is 1.22 bits per heavy atom. The maximum absolute atomic E-state index is 5.81. The predicted octanol–water partition coefficient (Wildman–Crippen LogP) is 3.53. The normalized spacial score (nSPS) is 10.1. The molecule has 1 heterocycles. The molecule has 1 aromatic heterocycles. The van der Waals surface area contributed by atoms with E-state index in [1.807, 2.05) is 0 Å². The van der Waals surface area contributed by atoms with Crippen LogP contribution in [0.25, 0.3) is 0 Å². The number of aryl methyl sites for hydroxylation is 1. The summed E-state index contributed by atoms with van der Waals surface area (Å²) in [5.41, 5.74) is 2.34. The summed E-state index contributed by atoms with van der Waals surface area (Å²) in [6.45, 7) is 3.37. The number of nitrogens with zero attached hydrogens (tertiary/aromatic N) is 1. The van der Waals surface area contributed by atoms with Crippen molar-refractivity contribution in [3.8, 4) is 5.75 Å². The summed E-state index contributed by atoms with van der Waals surface area (Å²) in [6, 6.07) is 10.0. The summed E-state index contributed by atoms with van der Waals surface area (Å²) in [7, 11) is 0. The Hall–Kier alpha value is -1.74. The molecule has 2 aromatic rings. The summed E-state index contributed by atoms with van der Waals surface area (Å²) in [4.78, 5) is 3.95. The lowest BCUT2D eigenvalue weighted by Gasteiger charge is -2.08. The van der Waals surface area contributed by atoms with Crippen molar-refractivity contribution < 1.29 is 4.74 Å². The van der Waals surface area contributed by atoms with Crippen molar-refractivity contribution in [1.29, 1.82) is 0 Å². The second kappa shape index (κ2) is 6.26. The SMILES string of the molecule is Cc1ccc(NCCOc2cncc(Cl)c2)cc1. The molecule has 0 aliphatic carbocycles. The molecule has 94 valence electrons. The van der Waals surface area contributed by atoms with Gasteiger partial charge < -0.3 is 10.1 Å². The molecule has 0 atom stereocenters. The number of halogens is 1. The van der Waals surface area contributed by atoms with Gasteiger partial charge in [-0.25, -0.2) is 0 Å². The molecule has 3 nitrogen and oxygen atoms in total. The summed E-state index contributed by atoms with van der Waals surface area (Å²) in [5.74, 6) is 0.688. The average Bonchev–Trinajstić information content (AvgIpc) is 2.37. The minimum absolute atomic E-state index is 0.565. The van der Waals surface area contributed by atoms with Crippen molar-refractivity contribution in [3.63, 3.8) is 0 Å². The van der Waals surface area contributed by atoms with Gasteiger partial charge in [0, 0.05) is 24.5 Å². The highest BCUT2D eigenvalue weighted by Gasteiger charge is 1.96. The number of rotatable bonds is 5. The fourth-order valence-electron chi connectivity index (χ4n) is 1.51. The van der Waals surface area contributed by atoms with Gasteiger partial charge in [-0.15, -0.1) is 0 Å². The van der Waals surface area contributed by atoms with E-state index in [2.05, 4.69) is 41.5 Å². The Kier molecular flexibility index (Phi) is 4.42. The van der Waals surface area contributed by atoms with Crippen molar-refractivity contribution in [1.82, 2.24) is 4.98 Å². The van der Waals surface area contributed by atoms with E-state index < -0.39 is 0 Å². The molecule has 0 radical (unpaired) electrons. The second-order valence-electron chi connectivity index (χ2n) is 3.98. The van der Waals surface area contributed by atoms with E-state index >= 15 is 0 Å². The molecule has 0 fully saturated rings. The van der Waals surface area contributed by atoms with Crippen molar-refractivity contribution in [2.75, 3.05) is 18.5 Å². The molecule has 1 aromatic carbocycles. The van der Waals surface area contributed by atoms with E-state index in [4.69, 9.17) is 16.3 Å². The van der Waals surface area contributed by atoms with Crippen molar-refractivity contribution in [2.45, 2.75) is 6.92 Å². The van der Waals surface area contributed by atoms with Crippen LogP contribution >= 0.6 is 11.6 Å². The van der Waals surface area contributed by atoms with E-state index in [9.17, 15) is 0 Å². The molecular weight excluding hydrogens is 248 g/mol. The third-order valence-electron chi connectivity index (χ3n) is 2.43. The van der Waals surface area contributed by atoms with Gasteiger partial charge in [-0.05, 0) is 19.1 Å². The highest BCUT2D eigenvalue weighted by Crippen LogP contribution is 2.15. The molecule has 0 aliphatic rings. The zero-order chi connectivity index (χ0) is 12.8. The molecule has 0 aliphatic heterocycles. The number of aromatic nitrogens is 1. The van der Waals surface area contributed by atoms with Gasteiger partial charge in [0.25, 0.3) is 0 Å². The molecule has 1 N–H and O–H groups in total. The Labute approximate surface area is 112 Å². The van der Waals surface area contributed by atoms with Crippen LogP contribution in [0.15, 0.2) is 42.7 Å². The number of pyridine rings is 1. The Bertz CT molecular complexity index is 499. The quantitative estimate of drug-likeness (QED) is 0.837. The molecule has 18 heavy (non-hydrogen) atoms. The van der Waals surface area contributed by atoms with Crippen LogP contribution in [0.5, 0.6) is 5.75 Å². The number of hydrogen-bond donors (Lipinski definition) is 1. The fraction of sp³-hybridized carbons (Fsp3) is 0.214. The summed E-state index contributed by atoms with van der Waals surface area (Å²) in [5, 5.41) is 3.86. The molecule has 0 bridgehead atoms. The monoisotopic (exact) mass is 262 g/mol. The smallest absolute Gasteiger partial charge is 0.139 e. The topological polar surface area (TPSA) is 34.1 Å². The van der Waals surface area contributed by atoms with E-state index in [-0.39, 0.29) is 0 Å². The highest BCUT2D eigenvalue weighted by molar-refractivity contribution is 6.30. The van der Waals surface area contributed by atoms with Crippen LogP contribution in [0.2, 0.25) is 5.02 Å². The number of hydrogen-bond acceptors (Lipinski definition) is 3. The molecule has 2 rings (SSSR count). The molecule has 0 saturated carbocycles. The largest absolute Gasteiger partial charge is 0.490 e. The minimum atomic E-state index is 0.565. The molecule has 0 saturated heterocycles. The van der Waals surface area contributed by atoms with Gasteiger partial charge in [0.05, 0.1) is 11.2 Å². The van der Waals surface area contributed by atoms with E-state index in [1.165, 1.54) is 5.56 Å². The van der Waals surface area contributed by atoms with E-state index in [1.54, 1.807) is 18.5 Å². The first-order chi connectivity index (χ1) is 8.74. The van der Waals surface area contributed by atoms with Gasteiger partial charge in [-0.3, -0.25) is 4.98 Å². The van der Waals surface area contributed by atoms with E-state index in [0.29, 0.717) is 17.4 Å². The molecule has 0 spiro atoms. The summed E-state index contributed by atoms with van der Waals surface area (Å²) >= 11 is 5.81. The maximum Gasteiger partial charge on any atom is 0.139 e. The molecule has 0 unspecified atom stereocenters. The van der Waals surface area contributed by atoms with Crippen molar-refractivity contribution in [3.05, 3.63) is 53.3 Å². The number of ether oxygens (including phenoxy) is 1. The Balaban J connectivity index is 1.74. The van der Waals surface area contributed by atoms with Crippen molar-refractivity contribution >= 4 is 17.3 Å². The zero-order valence-electron chi connectivity index (χ0n) is 10.2. The van der Waals surface area contributed by atoms with Crippen LogP contribution in [-0.4, -0.2) is 18.1 Å². The number of nitrogens with one attached hydrogen (secondary N) is 1. The first-order valence-corrected chi connectivity index (χ1v) is 6.16. The molecule has 0 amide bonds. The van der Waals surface area contributed by atoms with Gasteiger partial charge in [0.1, 0.15) is 12.4 Å². The van der Waals surface area contributed by atoms with Crippen LogP contribution in [0, 0.1) is 6.92 Å². The maximum atomic E-state index is 5.81. The number of anilines is 1. The van der Waals surface area contributed by atoms with Gasteiger partial charge in [0.2, 0.25) is 0 Å². The van der Waals surface area contributed by atoms with Gasteiger partial charge in [-0.2, -0.15) is 0 Å². The fourth-order valence-corrected chi connectivity index (χ4v) is 1.67. The van der Waals surface area contributed by atoms with Crippen molar-refractivity contribution in [2.24, 2.45) is 0 Å². The van der Waals surface area contributed by atoms with Gasteiger partial charge in [-0.1, -0.05) is 29.3 Å². The third-order valence-corrected chi connectivity index (χ3v) is 2.64. The second-order valence-corrected chi connectivity index (χ2v) is 4.42. The van der Waals surface area contributed by atoms with Crippen LogP contribution in [0.3, 0.4) is 0 Å². The predicted molar refractivity (Wildman–Crippen MR) is 74.4 cm³/mol. The Morgan fingerprint density at radius 3 is 2.72 bits per heavy atom. The van der Waals surface area contributed by atoms with E-state index in [0.717, 1.165) is 12.2 Å². The molecule has 4 heteroatoms. The average molecular weight is 263 g/mol. The lowest BCUT2D eigenvalue weighted by molar-refractivity contribution is 0.331. The lowest BCUT2D eigenvalue weighted by Crippen LogP contribution is -2.11. The summed E-state index contributed by atoms with van der Waals surface area (Å²) in [6.07, 6.45) is 3.23. The zero-order valence-corrected chi connectivity index (χ0v) is 10.9. The van der Waals surface area contributed by atoms with Crippen LogP contribution in [-0.2, 0) is 0 Å².